The average Bonchev–Trinajstić information content (AvgIpc) is 2.32. The van der Waals surface area contributed by atoms with Crippen molar-refractivity contribution in [2.24, 2.45) is 0 Å². The van der Waals surface area contributed by atoms with Crippen molar-refractivity contribution in [1.82, 2.24) is 9.88 Å². The number of aryl methyl sites for hydroxylation is 1. The van der Waals surface area contributed by atoms with Gasteiger partial charge in [-0.3, -0.25) is 4.79 Å². The van der Waals surface area contributed by atoms with E-state index in [0.29, 0.717) is 24.5 Å². The van der Waals surface area contributed by atoms with Crippen LogP contribution in [-0.2, 0) is 0 Å². The van der Waals surface area contributed by atoms with Gasteiger partial charge in [-0.25, -0.2) is 4.98 Å². The van der Waals surface area contributed by atoms with Crippen molar-refractivity contribution in [3.63, 3.8) is 0 Å². The third-order valence-electron chi connectivity index (χ3n) is 2.66. The molecule has 0 aliphatic heterocycles. The molecule has 0 bridgehead atoms. The fourth-order valence-electron chi connectivity index (χ4n) is 1.78. The van der Waals surface area contributed by atoms with E-state index in [2.05, 4.69) is 11.9 Å². The topological polar surface area (TPSA) is 79.5 Å². The summed E-state index contributed by atoms with van der Waals surface area (Å²) in [5, 5.41) is 9.01. The number of aliphatic hydroxyl groups excluding tert-OH is 1. The molecule has 1 heterocycles. The standard InChI is InChI=1S/C13H21N3O2/c1-3-4-5-16(6-7-17)13(18)11-8-10(2)15-12(14)9-11/h8-9,17H,3-7H2,1-2H3,(H2,14,15). The van der Waals surface area contributed by atoms with E-state index in [1.807, 2.05) is 0 Å². The summed E-state index contributed by atoms with van der Waals surface area (Å²) in [6.07, 6.45) is 1.93. The summed E-state index contributed by atoms with van der Waals surface area (Å²) in [7, 11) is 0. The molecule has 0 unspecified atom stereocenters. The number of carbonyl (C=O) groups excluding carboxylic acids is 1. The zero-order chi connectivity index (χ0) is 13.5. The molecule has 0 radical (unpaired) electrons. The van der Waals surface area contributed by atoms with Crippen LogP contribution in [0.1, 0.15) is 35.8 Å². The van der Waals surface area contributed by atoms with Gasteiger partial charge in [0.05, 0.1) is 6.61 Å². The van der Waals surface area contributed by atoms with Crippen LogP contribution in [0.2, 0.25) is 0 Å². The molecule has 1 aromatic heterocycles. The van der Waals surface area contributed by atoms with Crippen molar-refractivity contribution < 1.29 is 9.90 Å². The highest BCUT2D eigenvalue weighted by atomic mass is 16.3. The van der Waals surface area contributed by atoms with Gasteiger partial charge in [0.2, 0.25) is 0 Å². The monoisotopic (exact) mass is 251 g/mol. The Hall–Kier alpha value is -1.62. The first-order valence-corrected chi connectivity index (χ1v) is 6.22. The van der Waals surface area contributed by atoms with Gasteiger partial charge in [0.1, 0.15) is 5.82 Å². The number of pyridine rings is 1. The highest BCUT2D eigenvalue weighted by Crippen LogP contribution is 2.11. The number of nitrogens with zero attached hydrogens (tertiary/aromatic N) is 2. The van der Waals surface area contributed by atoms with E-state index in [-0.39, 0.29) is 12.5 Å². The molecular formula is C13H21N3O2. The predicted molar refractivity (Wildman–Crippen MR) is 71.3 cm³/mol. The van der Waals surface area contributed by atoms with Crippen LogP contribution in [0.4, 0.5) is 5.82 Å². The lowest BCUT2D eigenvalue weighted by Gasteiger charge is -2.21. The second-order valence-corrected chi connectivity index (χ2v) is 4.29. The Balaban J connectivity index is 2.86. The van der Waals surface area contributed by atoms with Gasteiger partial charge in [0, 0.05) is 24.3 Å². The number of aliphatic hydroxyl groups is 1. The molecule has 0 aliphatic rings. The summed E-state index contributed by atoms with van der Waals surface area (Å²) in [4.78, 5) is 18.0. The largest absolute Gasteiger partial charge is 0.395 e. The van der Waals surface area contributed by atoms with Crippen molar-refractivity contribution in [3.8, 4) is 0 Å². The number of hydrogen-bond donors (Lipinski definition) is 2. The first-order valence-electron chi connectivity index (χ1n) is 6.22. The third kappa shape index (κ3) is 4.00. The van der Waals surface area contributed by atoms with Crippen LogP contribution in [-0.4, -0.2) is 40.6 Å². The number of nitrogens with two attached hydrogens (primary N) is 1. The number of rotatable bonds is 6. The van der Waals surface area contributed by atoms with Crippen LogP contribution in [0.5, 0.6) is 0 Å². The highest BCUT2D eigenvalue weighted by molar-refractivity contribution is 5.95. The van der Waals surface area contributed by atoms with Gasteiger partial charge >= 0.3 is 0 Å². The number of unbranched alkanes of at least 4 members (excludes halogenated alkanes) is 1. The molecule has 0 saturated heterocycles. The van der Waals surface area contributed by atoms with Crippen LogP contribution >= 0.6 is 0 Å². The molecule has 0 fully saturated rings. The fourth-order valence-corrected chi connectivity index (χ4v) is 1.78. The molecule has 1 rings (SSSR count). The van der Waals surface area contributed by atoms with Crippen LogP contribution in [0.3, 0.4) is 0 Å². The van der Waals surface area contributed by atoms with Crippen molar-refractivity contribution in [3.05, 3.63) is 23.4 Å². The lowest BCUT2D eigenvalue weighted by atomic mass is 10.2. The van der Waals surface area contributed by atoms with E-state index in [1.54, 1.807) is 24.0 Å². The van der Waals surface area contributed by atoms with Crippen LogP contribution in [0, 0.1) is 6.92 Å². The number of aromatic nitrogens is 1. The average molecular weight is 251 g/mol. The minimum absolute atomic E-state index is 0.0327. The fraction of sp³-hybridized carbons (Fsp3) is 0.538. The van der Waals surface area contributed by atoms with E-state index >= 15 is 0 Å². The van der Waals surface area contributed by atoms with E-state index in [0.717, 1.165) is 18.5 Å². The Labute approximate surface area is 108 Å². The Kier molecular flexibility index (Phi) is 5.58. The van der Waals surface area contributed by atoms with Gasteiger partial charge < -0.3 is 15.7 Å². The molecule has 0 aromatic carbocycles. The maximum absolute atomic E-state index is 12.3. The van der Waals surface area contributed by atoms with Crippen LogP contribution in [0.15, 0.2) is 12.1 Å². The highest BCUT2D eigenvalue weighted by Gasteiger charge is 2.15. The Morgan fingerprint density at radius 3 is 2.72 bits per heavy atom. The molecule has 18 heavy (non-hydrogen) atoms. The zero-order valence-electron chi connectivity index (χ0n) is 11.0. The van der Waals surface area contributed by atoms with Gasteiger partial charge in [-0.05, 0) is 25.5 Å². The molecule has 5 nitrogen and oxygen atoms in total. The summed E-state index contributed by atoms with van der Waals surface area (Å²) < 4.78 is 0. The number of amides is 1. The maximum atomic E-state index is 12.3. The molecule has 0 aliphatic carbocycles. The number of carbonyl (C=O) groups is 1. The molecular weight excluding hydrogens is 230 g/mol. The molecule has 100 valence electrons. The summed E-state index contributed by atoms with van der Waals surface area (Å²) in [5.74, 6) is 0.243. The van der Waals surface area contributed by atoms with Gasteiger partial charge in [-0.1, -0.05) is 13.3 Å². The smallest absolute Gasteiger partial charge is 0.254 e. The SMILES string of the molecule is CCCCN(CCO)C(=O)c1cc(C)nc(N)c1. The lowest BCUT2D eigenvalue weighted by Crippen LogP contribution is -2.34. The van der Waals surface area contributed by atoms with Crippen molar-refractivity contribution in [2.45, 2.75) is 26.7 Å². The molecule has 0 spiro atoms. The number of hydrogen-bond acceptors (Lipinski definition) is 4. The van der Waals surface area contributed by atoms with Gasteiger partial charge in [-0.2, -0.15) is 0 Å². The maximum Gasteiger partial charge on any atom is 0.254 e. The lowest BCUT2D eigenvalue weighted by molar-refractivity contribution is 0.0719. The second-order valence-electron chi connectivity index (χ2n) is 4.29. The third-order valence-corrected chi connectivity index (χ3v) is 2.66. The Morgan fingerprint density at radius 1 is 1.44 bits per heavy atom. The Morgan fingerprint density at radius 2 is 2.17 bits per heavy atom. The normalized spacial score (nSPS) is 10.4. The van der Waals surface area contributed by atoms with Crippen molar-refractivity contribution in [1.29, 1.82) is 0 Å². The molecule has 3 N–H and O–H groups in total. The predicted octanol–water partition coefficient (Wildman–Crippen LogP) is 1.21. The van der Waals surface area contributed by atoms with E-state index in [1.165, 1.54) is 0 Å². The first-order chi connectivity index (χ1) is 8.58. The Bertz CT molecular complexity index is 387. The van der Waals surface area contributed by atoms with E-state index < -0.39 is 0 Å². The molecule has 0 atom stereocenters. The van der Waals surface area contributed by atoms with E-state index in [4.69, 9.17) is 10.8 Å². The van der Waals surface area contributed by atoms with Gasteiger partial charge in [0.15, 0.2) is 0 Å². The minimum Gasteiger partial charge on any atom is -0.395 e. The summed E-state index contributed by atoms with van der Waals surface area (Å²) in [6.45, 7) is 4.83. The molecule has 5 heteroatoms. The van der Waals surface area contributed by atoms with Crippen LogP contribution in [0.25, 0.3) is 0 Å². The van der Waals surface area contributed by atoms with Crippen molar-refractivity contribution in [2.75, 3.05) is 25.4 Å². The summed E-state index contributed by atoms with van der Waals surface area (Å²) in [5.41, 5.74) is 6.89. The first kappa shape index (κ1) is 14.4. The summed E-state index contributed by atoms with van der Waals surface area (Å²) in [6, 6.07) is 3.29. The number of anilines is 1. The zero-order valence-corrected chi connectivity index (χ0v) is 11.0. The van der Waals surface area contributed by atoms with Crippen LogP contribution < -0.4 is 5.73 Å². The van der Waals surface area contributed by atoms with E-state index in [9.17, 15) is 4.79 Å². The van der Waals surface area contributed by atoms with Crippen molar-refractivity contribution >= 4 is 11.7 Å². The second kappa shape index (κ2) is 6.96. The van der Waals surface area contributed by atoms with Gasteiger partial charge in [-0.15, -0.1) is 0 Å². The number of nitrogen functional groups attached to an aromatic ring is 1. The quantitative estimate of drug-likeness (QED) is 0.796. The minimum atomic E-state index is -0.102. The molecule has 1 aromatic rings. The van der Waals surface area contributed by atoms with Gasteiger partial charge in [0.25, 0.3) is 5.91 Å². The molecule has 0 saturated carbocycles. The summed E-state index contributed by atoms with van der Waals surface area (Å²) >= 11 is 0. The molecule has 1 amide bonds.